The highest BCUT2D eigenvalue weighted by Gasteiger charge is 2.48. The fourth-order valence-corrected chi connectivity index (χ4v) is 3.57. The number of hydrogen-bond acceptors (Lipinski definition) is 4. The molecule has 2 atom stereocenters. The molecule has 0 aromatic carbocycles. The first-order chi connectivity index (χ1) is 8.84. The van der Waals surface area contributed by atoms with E-state index in [1.807, 2.05) is 0 Å². The Labute approximate surface area is 111 Å². The number of aryl methyl sites for hydroxylation is 1. The Hall–Kier alpha value is -1.41. The summed E-state index contributed by atoms with van der Waals surface area (Å²) in [7, 11) is -2.30. The van der Waals surface area contributed by atoms with Gasteiger partial charge in [-0.2, -0.15) is 5.10 Å². The highest BCUT2D eigenvalue weighted by molar-refractivity contribution is 7.89. The first-order valence-corrected chi connectivity index (χ1v) is 7.76. The number of carbonyl (C=O) groups is 1. The summed E-state index contributed by atoms with van der Waals surface area (Å²) < 4.78 is 24.1. The molecule has 0 spiro atoms. The molecule has 0 radical (unpaired) electrons. The van der Waals surface area contributed by atoms with Crippen molar-refractivity contribution in [2.75, 3.05) is 5.32 Å². The molecule has 0 saturated heterocycles. The minimum Gasteiger partial charge on any atom is -0.308 e. The van der Waals surface area contributed by atoms with E-state index in [2.05, 4.69) is 10.4 Å². The molecule has 8 heteroatoms. The van der Waals surface area contributed by atoms with Crippen molar-refractivity contribution < 1.29 is 13.2 Å². The molecule has 2 aliphatic carbocycles. The van der Waals surface area contributed by atoms with Crippen molar-refractivity contribution >= 4 is 21.7 Å². The van der Waals surface area contributed by atoms with E-state index in [1.165, 1.54) is 17.3 Å². The maximum Gasteiger partial charge on any atom is 0.243 e. The van der Waals surface area contributed by atoms with E-state index in [9.17, 15) is 13.2 Å². The fourth-order valence-electron chi connectivity index (χ4n) is 2.91. The predicted molar refractivity (Wildman–Crippen MR) is 67.5 cm³/mol. The molecule has 7 nitrogen and oxygen atoms in total. The Bertz CT molecular complexity index is 626. The lowest BCUT2D eigenvalue weighted by atomic mass is 10.0. The summed E-state index contributed by atoms with van der Waals surface area (Å²) in [6, 6.07) is 0. The van der Waals surface area contributed by atoms with Crippen LogP contribution in [0.25, 0.3) is 0 Å². The van der Waals surface area contributed by atoms with Crippen LogP contribution in [0, 0.1) is 17.8 Å². The van der Waals surface area contributed by atoms with Crippen LogP contribution < -0.4 is 10.5 Å². The van der Waals surface area contributed by atoms with E-state index in [-0.39, 0.29) is 22.5 Å². The number of aromatic nitrogens is 2. The van der Waals surface area contributed by atoms with E-state index in [4.69, 9.17) is 5.14 Å². The molecule has 3 rings (SSSR count). The average molecular weight is 284 g/mol. The zero-order valence-corrected chi connectivity index (χ0v) is 11.4. The second kappa shape index (κ2) is 4.04. The molecular formula is C11H16N4O3S. The predicted octanol–water partition coefficient (Wildman–Crippen LogP) is 0.0521. The van der Waals surface area contributed by atoms with Crippen LogP contribution in [-0.4, -0.2) is 24.1 Å². The number of nitrogens with zero attached hydrogens (tertiary/aromatic N) is 2. The van der Waals surface area contributed by atoms with Gasteiger partial charge in [-0.15, -0.1) is 0 Å². The topological polar surface area (TPSA) is 107 Å². The number of nitrogens with two attached hydrogens (primary N) is 1. The minimum absolute atomic E-state index is 0.0237. The van der Waals surface area contributed by atoms with E-state index in [1.54, 1.807) is 7.05 Å². The first-order valence-electron chi connectivity index (χ1n) is 6.22. The molecule has 1 aromatic heterocycles. The zero-order valence-electron chi connectivity index (χ0n) is 10.5. The van der Waals surface area contributed by atoms with Crippen molar-refractivity contribution in [3.8, 4) is 0 Å². The number of primary sulfonamides is 1. The number of amides is 1. The van der Waals surface area contributed by atoms with Gasteiger partial charge in [-0.25, -0.2) is 13.6 Å². The fraction of sp³-hybridized carbons (Fsp3) is 0.636. The summed E-state index contributed by atoms with van der Waals surface area (Å²) in [6.45, 7) is 0. The molecule has 1 heterocycles. The van der Waals surface area contributed by atoms with Crippen LogP contribution in [0.2, 0.25) is 0 Å². The van der Waals surface area contributed by atoms with Crippen molar-refractivity contribution in [3.05, 3.63) is 6.20 Å². The maximum atomic E-state index is 12.1. The Kier molecular flexibility index (Phi) is 2.68. The molecule has 19 heavy (non-hydrogen) atoms. The van der Waals surface area contributed by atoms with Crippen molar-refractivity contribution in [1.29, 1.82) is 0 Å². The molecule has 2 aliphatic rings. The largest absolute Gasteiger partial charge is 0.308 e. The van der Waals surface area contributed by atoms with Gasteiger partial charge >= 0.3 is 0 Å². The molecule has 2 unspecified atom stereocenters. The molecule has 1 amide bonds. The second-order valence-corrected chi connectivity index (χ2v) is 7.00. The number of anilines is 1. The highest BCUT2D eigenvalue weighted by Crippen LogP contribution is 2.54. The molecule has 2 saturated carbocycles. The van der Waals surface area contributed by atoms with Gasteiger partial charge in [-0.3, -0.25) is 9.48 Å². The van der Waals surface area contributed by atoms with Crippen molar-refractivity contribution in [2.24, 2.45) is 29.9 Å². The van der Waals surface area contributed by atoms with Crippen LogP contribution in [0.15, 0.2) is 11.1 Å². The maximum absolute atomic E-state index is 12.1. The van der Waals surface area contributed by atoms with Gasteiger partial charge in [-0.1, -0.05) is 0 Å². The van der Waals surface area contributed by atoms with Gasteiger partial charge in [0.05, 0.1) is 0 Å². The minimum atomic E-state index is -3.88. The van der Waals surface area contributed by atoms with Gasteiger partial charge < -0.3 is 5.32 Å². The van der Waals surface area contributed by atoms with Crippen LogP contribution in [0.3, 0.4) is 0 Å². The van der Waals surface area contributed by atoms with E-state index >= 15 is 0 Å². The lowest BCUT2D eigenvalue weighted by molar-refractivity contribution is -0.120. The van der Waals surface area contributed by atoms with Crippen LogP contribution in [0.4, 0.5) is 5.82 Å². The molecular weight excluding hydrogens is 268 g/mol. The summed E-state index contributed by atoms with van der Waals surface area (Å²) in [5.41, 5.74) is 0. The van der Waals surface area contributed by atoms with Crippen LogP contribution in [-0.2, 0) is 21.9 Å². The molecule has 2 fully saturated rings. The van der Waals surface area contributed by atoms with Gasteiger partial charge in [0, 0.05) is 19.2 Å². The smallest absolute Gasteiger partial charge is 0.243 e. The summed E-state index contributed by atoms with van der Waals surface area (Å²) in [5.74, 6) is 1.22. The molecule has 1 aromatic rings. The number of fused-ring (bicyclic) bond motifs is 1. The number of rotatable bonds is 3. The number of hydrogen-bond donors (Lipinski definition) is 2. The third-order valence-corrected chi connectivity index (χ3v) is 4.87. The average Bonchev–Trinajstić information content (AvgIpc) is 2.72. The summed E-state index contributed by atoms with van der Waals surface area (Å²) in [5, 5.41) is 11.6. The first kappa shape index (κ1) is 12.6. The second-order valence-electron chi connectivity index (χ2n) is 5.47. The Morgan fingerprint density at radius 2 is 2.05 bits per heavy atom. The third kappa shape index (κ3) is 2.37. The Balaban J connectivity index is 1.77. The van der Waals surface area contributed by atoms with Gasteiger partial charge in [0.1, 0.15) is 4.90 Å². The van der Waals surface area contributed by atoms with Crippen LogP contribution >= 0.6 is 0 Å². The molecule has 0 bridgehead atoms. The number of carbonyl (C=O) groups excluding carboxylic acids is 1. The zero-order chi connectivity index (χ0) is 13.8. The Morgan fingerprint density at radius 3 is 2.63 bits per heavy atom. The van der Waals surface area contributed by atoms with Crippen molar-refractivity contribution in [3.63, 3.8) is 0 Å². The number of nitrogens with one attached hydrogen (secondary N) is 1. The summed E-state index contributed by atoms with van der Waals surface area (Å²) in [4.78, 5) is 11.9. The molecule has 0 aliphatic heterocycles. The SMILES string of the molecule is Cn1cc(S(N)(=O)=O)c(NC(=O)C2CC3CC3C2)n1. The molecule has 104 valence electrons. The van der Waals surface area contributed by atoms with Gasteiger partial charge in [0.2, 0.25) is 15.9 Å². The lowest BCUT2D eigenvalue weighted by Crippen LogP contribution is -2.23. The Morgan fingerprint density at radius 1 is 1.42 bits per heavy atom. The van der Waals surface area contributed by atoms with Crippen LogP contribution in [0.1, 0.15) is 19.3 Å². The quantitative estimate of drug-likeness (QED) is 0.817. The van der Waals surface area contributed by atoms with Gasteiger partial charge in [-0.05, 0) is 31.1 Å². The van der Waals surface area contributed by atoms with E-state index < -0.39 is 10.0 Å². The van der Waals surface area contributed by atoms with Crippen LogP contribution in [0.5, 0.6) is 0 Å². The van der Waals surface area contributed by atoms with Gasteiger partial charge in [0.25, 0.3) is 0 Å². The van der Waals surface area contributed by atoms with Crippen molar-refractivity contribution in [1.82, 2.24) is 9.78 Å². The van der Waals surface area contributed by atoms with Crippen molar-refractivity contribution in [2.45, 2.75) is 24.2 Å². The third-order valence-electron chi connectivity index (χ3n) is 3.96. The summed E-state index contributed by atoms with van der Waals surface area (Å²) in [6.07, 6.45) is 4.31. The van der Waals surface area contributed by atoms with Gasteiger partial charge in [0.15, 0.2) is 5.82 Å². The van der Waals surface area contributed by atoms with E-state index in [0.29, 0.717) is 11.8 Å². The standard InChI is InChI=1S/C11H16N4O3S/c1-15-5-9(19(12,17)18)10(14-15)13-11(16)8-3-6-2-7(6)4-8/h5-8H,2-4H2,1H3,(H2,12,17,18)(H,13,14,16). The highest BCUT2D eigenvalue weighted by atomic mass is 32.2. The van der Waals surface area contributed by atoms with E-state index in [0.717, 1.165) is 12.8 Å². The number of sulfonamides is 1. The normalized spacial score (nSPS) is 29.1. The molecule has 3 N–H and O–H groups in total. The monoisotopic (exact) mass is 284 g/mol. The lowest BCUT2D eigenvalue weighted by Gasteiger charge is -2.11. The summed E-state index contributed by atoms with van der Waals surface area (Å²) >= 11 is 0.